The lowest BCUT2D eigenvalue weighted by atomic mass is 10.0. The molecule has 1 aliphatic rings. The van der Waals surface area contributed by atoms with Gasteiger partial charge >= 0.3 is 12.0 Å². The van der Waals surface area contributed by atoms with Gasteiger partial charge in [-0.15, -0.1) is 0 Å². The maximum absolute atomic E-state index is 11.5. The zero-order chi connectivity index (χ0) is 12.4. The van der Waals surface area contributed by atoms with Crippen LogP contribution in [0.25, 0.3) is 0 Å². The SMILES string of the molecule is CCC1(CNC(=O)NC(C)(C)C(=O)O)CC1. The molecule has 1 fully saturated rings. The number of hydrogen-bond acceptors (Lipinski definition) is 2. The lowest BCUT2D eigenvalue weighted by Gasteiger charge is -2.22. The Labute approximate surface area is 95.6 Å². The summed E-state index contributed by atoms with van der Waals surface area (Å²) in [6.07, 6.45) is 3.34. The zero-order valence-corrected chi connectivity index (χ0v) is 10.1. The number of carboxylic acids is 1. The Balaban J connectivity index is 2.34. The average Bonchev–Trinajstić information content (AvgIpc) is 2.94. The molecule has 5 nitrogen and oxygen atoms in total. The molecule has 0 aliphatic heterocycles. The number of rotatable bonds is 5. The predicted molar refractivity (Wildman–Crippen MR) is 60.2 cm³/mol. The van der Waals surface area contributed by atoms with Crippen molar-refractivity contribution in [2.24, 2.45) is 5.41 Å². The molecule has 3 N–H and O–H groups in total. The normalized spacial score (nSPS) is 17.7. The Hall–Kier alpha value is -1.26. The zero-order valence-electron chi connectivity index (χ0n) is 10.1. The van der Waals surface area contributed by atoms with E-state index in [4.69, 9.17) is 5.11 Å². The van der Waals surface area contributed by atoms with Gasteiger partial charge in [-0.3, -0.25) is 0 Å². The third-order valence-electron chi connectivity index (χ3n) is 3.29. The van der Waals surface area contributed by atoms with Crippen molar-refractivity contribution in [1.82, 2.24) is 10.6 Å². The van der Waals surface area contributed by atoms with E-state index in [2.05, 4.69) is 17.6 Å². The fourth-order valence-electron chi connectivity index (χ4n) is 1.48. The van der Waals surface area contributed by atoms with Crippen LogP contribution in [0.1, 0.15) is 40.0 Å². The van der Waals surface area contributed by atoms with Gasteiger partial charge in [0.2, 0.25) is 0 Å². The summed E-state index contributed by atoms with van der Waals surface area (Å²) in [7, 11) is 0. The van der Waals surface area contributed by atoms with Crippen molar-refractivity contribution in [3.8, 4) is 0 Å². The molecule has 0 atom stereocenters. The molecule has 0 heterocycles. The lowest BCUT2D eigenvalue weighted by molar-refractivity contribution is -0.142. The van der Waals surface area contributed by atoms with Gasteiger partial charge in [0.1, 0.15) is 5.54 Å². The first kappa shape index (κ1) is 12.8. The molecule has 0 spiro atoms. The molecule has 1 aliphatic carbocycles. The fraction of sp³-hybridized carbons (Fsp3) is 0.818. The van der Waals surface area contributed by atoms with Crippen molar-refractivity contribution in [2.75, 3.05) is 6.54 Å². The van der Waals surface area contributed by atoms with E-state index in [9.17, 15) is 9.59 Å². The van der Waals surface area contributed by atoms with Crippen LogP contribution in [-0.2, 0) is 4.79 Å². The first-order valence-electron chi connectivity index (χ1n) is 5.61. The summed E-state index contributed by atoms with van der Waals surface area (Å²) in [4.78, 5) is 22.3. The number of nitrogens with one attached hydrogen (secondary N) is 2. The van der Waals surface area contributed by atoms with Gasteiger partial charge in [0.05, 0.1) is 0 Å². The van der Waals surface area contributed by atoms with Gasteiger partial charge in [-0.25, -0.2) is 9.59 Å². The van der Waals surface area contributed by atoms with E-state index < -0.39 is 17.5 Å². The van der Waals surface area contributed by atoms with E-state index in [-0.39, 0.29) is 5.41 Å². The van der Waals surface area contributed by atoms with Gasteiger partial charge in [0, 0.05) is 6.54 Å². The fourth-order valence-corrected chi connectivity index (χ4v) is 1.48. The van der Waals surface area contributed by atoms with Crippen LogP contribution < -0.4 is 10.6 Å². The van der Waals surface area contributed by atoms with Gasteiger partial charge in [-0.05, 0) is 38.5 Å². The van der Waals surface area contributed by atoms with E-state index in [1.807, 2.05) is 0 Å². The van der Waals surface area contributed by atoms with E-state index in [1.54, 1.807) is 0 Å². The summed E-state index contributed by atoms with van der Waals surface area (Å²) in [6.45, 7) is 5.65. The number of aliphatic carboxylic acids is 1. The second-order valence-electron chi connectivity index (χ2n) is 5.09. The Bertz CT molecular complexity index is 296. The second-order valence-corrected chi connectivity index (χ2v) is 5.09. The number of carboxylic acid groups (broad SMARTS) is 1. The molecule has 0 bridgehead atoms. The van der Waals surface area contributed by atoms with Crippen molar-refractivity contribution in [1.29, 1.82) is 0 Å². The number of carbonyl (C=O) groups is 2. The van der Waals surface area contributed by atoms with Gasteiger partial charge in [0.15, 0.2) is 0 Å². The standard InChI is InChI=1S/C11H20N2O3/c1-4-11(5-6-11)7-12-9(16)13-10(2,3)8(14)15/h4-7H2,1-3H3,(H,14,15)(H2,12,13,16). The van der Waals surface area contributed by atoms with E-state index >= 15 is 0 Å². The molecular formula is C11H20N2O3. The molecular weight excluding hydrogens is 208 g/mol. The highest BCUT2D eigenvalue weighted by Gasteiger charge is 2.41. The van der Waals surface area contributed by atoms with Crippen molar-refractivity contribution in [3.05, 3.63) is 0 Å². The summed E-state index contributed by atoms with van der Waals surface area (Å²) < 4.78 is 0. The third-order valence-corrected chi connectivity index (χ3v) is 3.29. The van der Waals surface area contributed by atoms with Crippen LogP contribution in [0.4, 0.5) is 4.79 Å². The summed E-state index contributed by atoms with van der Waals surface area (Å²) >= 11 is 0. The topological polar surface area (TPSA) is 78.4 Å². The number of amides is 2. The molecule has 16 heavy (non-hydrogen) atoms. The highest BCUT2D eigenvalue weighted by molar-refractivity contribution is 5.85. The summed E-state index contributed by atoms with van der Waals surface area (Å²) in [6, 6.07) is -0.410. The monoisotopic (exact) mass is 228 g/mol. The molecule has 5 heteroatoms. The lowest BCUT2D eigenvalue weighted by Crippen LogP contribution is -2.53. The summed E-state index contributed by atoms with van der Waals surface area (Å²) in [5, 5.41) is 14.0. The maximum atomic E-state index is 11.5. The largest absolute Gasteiger partial charge is 0.480 e. The Morgan fingerprint density at radius 1 is 1.38 bits per heavy atom. The van der Waals surface area contributed by atoms with Crippen molar-refractivity contribution in [3.63, 3.8) is 0 Å². The van der Waals surface area contributed by atoms with Crippen LogP contribution in [0.3, 0.4) is 0 Å². The van der Waals surface area contributed by atoms with Crippen LogP contribution in [0.15, 0.2) is 0 Å². The summed E-state index contributed by atoms with van der Waals surface area (Å²) in [5.41, 5.74) is -0.961. The molecule has 0 saturated heterocycles. The van der Waals surface area contributed by atoms with Crippen LogP contribution in [0.2, 0.25) is 0 Å². The molecule has 0 aromatic heterocycles. The van der Waals surface area contributed by atoms with Gasteiger partial charge in [-0.1, -0.05) is 6.92 Å². The van der Waals surface area contributed by atoms with Gasteiger partial charge in [-0.2, -0.15) is 0 Å². The highest BCUT2D eigenvalue weighted by Crippen LogP contribution is 2.47. The van der Waals surface area contributed by atoms with Gasteiger partial charge < -0.3 is 15.7 Å². The molecule has 0 radical (unpaired) electrons. The molecule has 0 aromatic carbocycles. The Morgan fingerprint density at radius 2 is 1.94 bits per heavy atom. The van der Waals surface area contributed by atoms with Crippen molar-refractivity contribution < 1.29 is 14.7 Å². The highest BCUT2D eigenvalue weighted by atomic mass is 16.4. The smallest absolute Gasteiger partial charge is 0.328 e. The molecule has 1 saturated carbocycles. The molecule has 1 rings (SSSR count). The molecule has 92 valence electrons. The predicted octanol–water partition coefficient (Wildman–Crippen LogP) is 1.34. The molecule has 0 unspecified atom stereocenters. The van der Waals surface area contributed by atoms with E-state index in [0.717, 1.165) is 19.3 Å². The number of hydrogen-bond donors (Lipinski definition) is 3. The first-order chi connectivity index (χ1) is 7.31. The van der Waals surface area contributed by atoms with Crippen LogP contribution in [-0.4, -0.2) is 29.2 Å². The van der Waals surface area contributed by atoms with E-state index in [1.165, 1.54) is 13.8 Å². The number of carbonyl (C=O) groups excluding carboxylic acids is 1. The van der Waals surface area contributed by atoms with Gasteiger partial charge in [0.25, 0.3) is 0 Å². The summed E-state index contributed by atoms with van der Waals surface area (Å²) in [5.74, 6) is -1.04. The van der Waals surface area contributed by atoms with Crippen molar-refractivity contribution >= 4 is 12.0 Å². The number of urea groups is 1. The quantitative estimate of drug-likeness (QED) is 0.664. The Morgan fingerprint density at radius 3 is 2.31 bits per heavy atom. The third kappa shape index (κ3) is 3.12. The molecule has 0 aromatic rings. The minimum atomic E-state index is -1.23. The van der Waals surface area contributed by atoms with Crippen molar-refractivity contribution in [2.45, 2.75) is 45.6 Å². The molecule has 2 amide bonds. The van der Waals surface area contributed by atoms with Crippen LogP contribution >= 0.6 is 0 Å². The average molecular weight is 228 g/mol. The second kappa shape index (κ2) is 4.31. The minimum absolute atomic E-state index is 0.269. The van der Waals surface area contributed by atoms with Crippen LogP contribution in [0.5, 0.6) is 0 Å². The minimum Gasteiger partial charge on any atom is -0.480 e. The van der Waals surface area contributed by atoms with Crippen LogP contribution in [0, 0.1) is 5.41 Å². The first-order valence-corrected chi connectivity index (χ1v) is 5.61. The van der Waals surface area contributed by atoms with E-state index in [0.29, 0.717) is 6.54 Å². The Kier molecular flexibility index (Phi) is 3.45. The maximum Gasteiger partial charge on any atom is 0.328 e.